The minimum Gasteiger partial charge on any atom is -0.327 e. The lowest BCUT2D eigenvalue weighted by Gasteiger charge is -2.18. The summed E-state index contributed by atoms with van der Waals surface area (Å²) in [6.45, 7) is 8.52. The maximum absolute atomic E-state index is 5.89. The van der Waals surface area contributed by atoms with Crippen molar-refractivity contribution in [2.45, 2.75) is 39.7 Å². The SMILES string of the molecule is Cc1ccc(C)c(C(C)C(C)N)c1. The van der Waals surface area contributed by atoms with Gasteiger partial charge in [-0.1, -0.05) is 30.7 Å². The van der Waals surface area contributed by atoms with Gasteiger partial charge in [-0.2, -0.15) is 0 Å². The molecule has 0 aliphatic heterocycles. The summed E-state index contributed by atoms with van der Waals surface area (Å²) in [6, 6.07) is 6.78. The van der Waals surface area contributed by atoms with E-state index in [9.17, 15) is 0 Å². The van der Waals surface area contributed by atoms with E-state index in [0.717, 1.165) is 0 Å². The Morgan fingerprint density at radius 3 is 2.31 bits per heavy atom. The molecule has 13 heavy (non-hydrogen) atoms. The highest BCUT2D eigenvalue weighted by atomic mass is 14.6. The summed E-state index contributed by atoms with van der Waals surface area (Å²) in [6.07, 6.45) is 0. The van der Waals surface area contributed by atoms with E-state index in [1.165, 1.54) is 16.7 Å². The van der Waals surface area contributed by atoms with E-state index in [4.69, 9.17) is 5.73 Å². The van der Waals surface area contributed by atoms with Crippen molar-refractivity contribution in [1.29, 1.82) is 0 Å². The molecule has 2 unspecified atom stereocenters. The zero-order chi connectivity index (χ0) is 10.0. The van der Waals surface area contributed by atoms with Crippen molar-refractivity contribution in [3.63, 3.8) is 0 Å². The molecule has 2 atom stereocenters. The molecule has 0 heterocycles. The molecule has 0 saturated carbocycles. The lowest BCUT2D eigenvalue weighted by Crippen LogP contribution is -2.23. The van der Waals surface area contributed by atoms with Crippen LogP contribution in [0.3, 0.4) is 0 Å². The Labute approximate surface area is 81.0 Å². The van der Waals surface area contributed by atoms with Gasteiger partial charge >= 0.3 is 0 Å². The molecular formula is C12H19N. The third-order valence-corrected chi connectivity index (χ3v) is 2.71. The van der Waals surface area contributed by atoms with Gasteiger partial charge in [-0.3, -0.25) is 0 Å². The summed E-state index contributed by atoms with van der Waals surface area (Å²) < 4.78 is 0. The van der Waals surface area contributed by atoms with Gasteiger partial charge in [0.25, 0.3) is 0 Å². The highest BCUT2D eigenvalue weighted by molar-refractivity contribution is 5.33. The van der Waals surface area contributed by atoms with Gasteiger partial charge in [-0.05, 0) is 37.8 Å². The van der Waals surface area contributed by atoms with Crippen molar-refractivity contribution in [3.8, 4) is 0 Å². The number of rotatable bonds is 2. The third kappa shape index (κ3) is 2.31. The first-order chi connectivity index (χ1) is 6.02. The molecule has 0 fully saturated rings. The normalized spacial score (nSPS) is 15.5. The Hall–Kier alpha value is -0.820. The maximum Gasteiger partial charge on any atom is 0.00767 e. The van der Waals surface area contributed by atoms with Crippen LogP contribution in [0.5, 0.6) is 0 Å². The van der Waals surface area contributed by atoms with Gasteiger partial charge in [-0.15, -0.1) is 0 Å². The van der Waals surface area contributed by atoms with E-state index < -0.39 is 0 Å². The highest BCUT2D eigenvalue weighted by Gasteiger charge is 2.12. The molecule has 1 rings (SSSR count). The molecule has 1 heteroatoms. The predicted molar refractivity (Wildman–Crippen MR) is 58.0 cm³/mol. The zero-order valence-corrected chi connectivity index (χ0v) is 8.96. The summed E-state index contributed by atoms with van der Waals surface area (Å²) in [5.41, 5.74) is 9.93. The monoisotopic (exact) mass is 177 g/mol. The first-order valence-corrected chi connectivity index (χ1v) is 4.85. The fourth-order valence-corrected chi connectivity index (χ4v) is 1.53. The summed E-state index contributed by atoms with van der Waals surface area (Å²) in [5, 5.41) is 0. The van der Waals surface area contributed by atoms with Crippen LogP contribution in [0.2, 0.25) is 0 Å². The first kappa shape index (κ1) is 10.3. The molecule has 2 N–H and O–H groups in total. The zero-order valence-electron chi connectivity index (χ0n) is 8.96. The van der Waals surface area contributed by atoms with Crippen LogP contribution >= 0.6 is 0 Å². The Morgan fingerprint density at radius 1 is 1.15 bits per heavy atom. The Bertz CT molecular complexity index is 289. The summed E-state index contributed by atoms with van der Waals surface area (Å²) in [4.78, 5) is 0. The van der Waals surface area contributed by atoms with E-state index in [2.05, 4.69) is 45.9 Å². The second-order valence-corrected chi connectivity index (χ2v) is 4.01. The van der Waals surface area contributed by atoms with Gasteiger partial charge in [-0.25, -0.2) is 0 Å². The number of benzene rings is 1. The topological polar surface area (TPSA) is 26.0 Å². The van der Waals surface area contributed by atoms with Crippen LogP contribution in [0.25, 0.3) is 0 Å². The van der Waals surface area contributed by atoms with Crippen LogP contribution in [0, 0.1) is 13.8 Å². The smallest absolute Gasteiger partial charge is 0.00767 e. The van der Waals surface area contributed by atoms with Gasteiger partial charge in [0.05, 0.1) is 0 Å². The van der Waals surface area contributed by atoms with Gasteiger partial charge in [0.1, 0.15) is 0 Å². The molecule has 0 radical (unpaired) electrons. The third-order valence-electron chi connectivity index (χ3n) is 2.71. The molecule has 1 nitrogen and oxygen atoms in total. The molecule has 0 saturated heterocycles. The molecule has 72 valence electrons. The van der Waals surface area contributed by atoms with Crippen LogP contribution in [0.15, 0.2) is 18.2 Å². The van der Waals surface area contributed by atoms with Crippen molar-refractivity contribution < 1.29 is 0 Å². The molecular weight excluding hydrogens is 158 g/mol. The number of aryl methyl sites for hydroxylation is 2. The largest absolute Gasteiger partial charge is 0.327 e. The van der Waals surface area contributed by atoms with Gasteiger partial charge < -0.3 is 5.73 Å². The molecule has 0 bridgehead atoms. The fourth-order valence-electron chi connectivity index (χ4n) is 1.53. The number of nitrogens with two attached hydrogens (primary N) is 1. The second-order valence-electron chi connectivity index (χ2n) is 4.01. The van der Waals surface area contributed by atoms with Crippen LogP contribution in [0.4, 0.5) is 0 Å². The van der Waals surface area contributed by atoms with E-state index in [1.807, 2.05) is 0 Å². The minimum absolute atomic E-state index is 0.223. The van der Waals surface area contributed by atoms with Gasteiger partial charge in [0.15, 0.2) is 0 Å². The lowest BCUT2D eigenvalue weighted by atomic mass is 9.90. The minimum atomic E-state index is 0.223. The van der Waals surface area contributed by atoms with Crippen molar-refractivity contribution in [2.24, 2.45) is 5.73 Å². The van der Waals surface area contributed by atoms with E-state index >= 15 is 0 Å². The summed E-state index contributed by atoms with van der Waals surface area (Å²) in [7, 11) is 0. The van der Waals surface area contributed by atoms with Crippen molar-refractivity contribution >= 4 is 0 Å². The van der Waals surface area contributed by atoms with Crippen molar-refractivity contribution in [1.82, 2.24) is 0 Å². The van der Waals surface area contributed by atoms with E-state index in [-0.39, 0.29) is 6.04 Å². The van der Waals surface area contributed by atoms with Gasteiger partial charge in [0, 0.05) is 6.04 Å². The fraction of sp³-hybridized carbons (Fsp3) is 0.500. The number of hydrogen-bond acceptors (Lipinski definition) is 1. The Morgan fingerprint density at radius 2 is 1.77 bits per heavy atom. The van der Waals surface area contributed by atoms with Gasteiger partial charge in [0.2, 0.25) is 0 Å². The van der Waals surface area contributed by atoms with Crippen LogP contribution in [-0.2, 0) is 0 Å². The predicted octanol–water partition coefficient (Wildman–Crippen LogP) is 2.75. The highest BCUT2D eigenvalue weighted by Crippen LogP contribution is 2.22. The van der Waals surface area contributed by atoms with E-state index in [0.29, 0.717) is 5.92 Å². The summed E-state index contributed by atoms with van der Waals surface area (Å²) in [5.74, 6) is 0.444. The molecule has 0 aliphatic carbocycles. The molecule has 0 spiro atoms. The maximum atomic E-state index is 5.89. The van der Waals surface area contributed by atoms with Crippen molar-refractivity contribution in [3.05, 3.63) is 34.9 Å². The lowest BCUT2D eigenvalue weighted by molar-refractivity contribution is 0.610. The van der Waals surface area contributed by atoms with Crippen LogP contribution in [-0.4, -0.2) is 6.04 Å². The van der Waals surface area contributed by atoms with Crippen LogP contribution < -0.4 is 5.73 Å². The Balaban J connectivity index is 3.05. The summed E-state index contributed by atoms with van der Waals surface area (Å²) >= 11 is 0. The second kappa shape index (κ2) is 3.93. The molecule has 1 aromatic rings. The van der Waals surface area contributed by atoms with E-state index in [1.54, 1.807) is 0 Å². The first-order valence-electron chi connectivity index (χ1n) is 4.85. The number of hydrogen-bond donors (Lipinski definition) is 1. The average Bonchev–Trinajstić information content (AvgIpc) is 2.08. The molecule has 0 amide bonds. The standard InChI is InChI=1S/C12H19N/c1-8-5-6-9(2)12(7-8)10(3)11(4)13/h5-7,10-11H,13H2,1-4H3. The molecule has 1 aromatic carbocycles. The van der Waals surface area contributed by atoms with Crippen molar-refractivity contribution in [2.75, 3.05) is 0 Å². The Kier molecular flexibility index (Phi) is 3.10. The van der Waals surface area contributed by atoms with Crippen LogP contribution in [0.1, 0.15) is 36.5 Å². The quantitative estimate of drug-likeness (QED) is 0.738. The average molecular weight is 177 g/mol. The molecule has 0 aliphatic rings. The molecule has 0 aromatic heterocycles.